The molecule has 0 fully saturated rings. The lowest BCUT2D eigenvalue weighted by molar-refractivity contribution is -0.0502. The van der Waals surface area contributed by atoms with Crippen LogP contribution in [0.4, 0.5) is 8.78 Å². The average molecular weight is 287 g/mol. The number of ether oxygens (including phenoxy) is 1. The monoisotopic (exact) mass is 287 g/mol. The van der Waals surface area contributed by atoms with E-state index in [9.17, 15) is 18.7 Å². The quantitative estimate of drug-likeness (QED) is 0.810. The Morgan fingerprint density at radius 3 is 2.45 bits per heavy atom. The number of para-hydroxylation sites is 1. The molecule has 0 aromatic heterocycles. The van der Waals surface area contributed by atoms with Crippen LogP contribution in [-0.4, -0.2) is 29.8 Å². The predicted molar refractivity (Wildman–Crippen MR) is 70.9 cm³/mol. The molecule has 20 heavy (non-hydrogen) atoms. The van der Waals surface area contributed by atoms with Gasteiger partial charge in [0.25, 0.3) is 5.91 Å². The fourth-order valence-corrected chi connectivity index (χ4v) is 1.85. The number of amides is 1. The number of benzene rings is 1. The molecule has 0 spiro atoms. The van der Waals surface area contributed by atoms with Crippen LogP contribution in [0.2, 0.25) is 0 Å². The minimum absolute atomic E-state index is 0.0209. The standard InChI is InChI=1S/C14H19F2NO3/c1-3-14(4-2,9-18)17-12(19)10-7-5-6-8-11(10)20-13(15)16/h5-8,13,18H,3-4,9H2,1-2H3,(H,17,19). The molecule has 0 atom stereocenters. The Morgan fingerprint density at radius 1 is 1.35 bits per heavy atom. The maximum absolute atomic E-state index is 12.3. The van der Waals surface area contributed by atoms with E-state index in [0.717, 1.165) is 0 Å². The van der Waals surface area contributed by atoms with E-state index in [1.165, 1.54) is 18.2 Å². The van der Waals surface area contributed by atoms with Gasteiger partial charge < -0.3 is 15.2 Å². The van der Waals surface area contributed by atoms with Gasteiger partial charge in [-0.1, -0.05) is 26.0 Å². The van der Waals surface area contributed by atoms with Crippen molar-refractivity contribution in [1.29, 1.82) is 0 Å². The summed E-state index contributed by atoms with van der Waals surface area (Å²) < 4.78 is 28.9. The fraction of sp³-hybridized carbons (Fsp3) is 0.500. The normalized spacial score (nSPS) is 11.5. The lowest BCUT2D eigenvalue weighted by Crippen LogP contribution is -2.50. The molecular formula is C14H19F2NO3. The van der Waals surface area contributed by atoms with Gasteiger partial charge in [-0.15, -0.1) is 0 Å². The van der Waals surface area contributed by atoms with Crippen molar-refractivity contribution in [1.82, 2.24) is 5.32 Å². The minimum atomic E-state index is -3.00. The molecule has 6 heteroatoms. The van der Waals surface area contributed by atoms with Gasteiger partial charge in [0.15, 0.2) is 0 Å². The first kappa shape index (κ1) is 16.4. The number of alkyl halides is 2. The fourth-order valence-electron chi connectivity index (χ4n) is 1.85. The van der Waals surface area contributed by atoms with E-state index in [1.807, 2.05) is 13.8 Å². The van der Waals surface area contributed by atoms with Crippen molar-refractivity contribution in [2.24, 2.45) is 0 Å². The number of nitrogens with one attached hydrogen (secondary N) is 1. The lowest BCUT2D eigenvalue weighted by atomic mass is 9.93. The summed E-state index contributed by atoms with van der Waals surface area (Å²) in [4.78, 5) is 12.2. The summed E-state index contributed by atoms with van der Waals surface area (Å²) in [5, 5.41) is 12.1. The zero-order chi connectivity index (χ0) is 15.2. The van der Waals surface area contributed by atoms with Crippen molar-refractivity contribution in [2.75, 3.05) is 6.61 Å². The Balaban J connectivity index is 2.97. The van der Waals surface area contributed by atoms with Gasteiger partial charge >= 0.3 is 6.61 Å². The number of hydrogen-bond donors (Lipinski definition) is 2. The minimum Gasteiger partial charge on any atom is -0.434 e. The molecule has 4 nitrogen and oxygen atoms in total. The first-order valence-electron chi connectivity index (χ1n) is 6.45. The molecular weight excluding hydrogens is 268 g/mol. The molecule has 2 N–H and O–H groups in total. The molecule has 1 aromatic rings. The van der Waals surface area contributed by atoms with Crippen molar-refractivity contribution in [3.63, 3.8) is 0 Å². The van der Waals surface area contributed by atoms with Crippen LogP contribution in [0.15, 0.2) is 24.3 Å². The van der Waals surface area contributed by atoms with Crippen LogP contribution in [0.1, 0.15) is 37.0 Å². The van der Waals surface area contributed by atoms with Crippen LogP contribution in [-0.2, 0) is 0 Å². The maximum atomic E-state index is 12.3. The number of aliphatic hydroxyl groups excluding tert-OH is 1. The Kier molecular flexibility index (Phi) is 5.88. The van der Waals surface area contributed by atoms with Gasteiger partial charge in [-0.2, -0.15) is 8.78 Å². The topological polar surface area (TPSA) is 58.6 Å². The summed E-state index contributed by atoms with van der Waals surface area (Å²) in [6.45, 7) is 0.455. The zero-order valence-electron chi connectivity index (χ0n) is 11.5. The van der Waals surface area contributed by atoms with Crippen LogP contribution >= 0.6 is 0 Å². The Hall–Kier alpha value is -1.69. The smallest absolute Gasteiger partial charge is 0.387 e. The zero-order valence-corrected chi connectivity index (χ0v) is 11.5. The van der Waals surface area contributed by atoms with Crippen LogP contribution in [0.25, 0.3) is 0 Å². The molecule has 0 aliphatic carbocycles. The third kappa shape index (κ3) is 3.90. The maximum Gasteiger partial charge on any atom is 0.387 e. The molecule has 0 bridgehead atoms. The molecule has 0 saturated heterocycles. The Bertz CT molecular complexity index is 440. The van der Waals surface area contributed by atoms with Gasteiger partial charge in [0.2, 0.25) is 0 Å². The van der Waals surface area contributed by atoms with Gasteiger partial charge in [0.1, 0.15) is 5.75 Å². The number of hydrogen-bond acceptors (Lipinski definition) is 3. The highest BCUT2D eigenvalue weighted by Gasteiger charge is 2.28. The summed E-state index contributed by atoms with van der Waals surface area (Å²) in [6, 6.07) is 5.78. The summed E-state index contributed by atoms with van der Waals surface area (Å²) in [5.41, 5.74) is -0.734. The molecule has 0 heterocycles. The van der Waals surface area contributed by atoms with Crippen molar-refractivity contribution < 1.29 is 23.4 Å². The molecule has 0 aliphatic rings. The van der Waals surface area contributed by atoms with Gasteiger partial charge in [0.05, 0.1) is 17.7 Å². The van der Waals surface area contributed by atoms with Crippen LogP contribution in [0.3, 0.4) is 0 Å². The summed E-state index contributed by atoms with van der Waals surface area (Å²) in [5.74, 6) is -0.724. The van der Waals surface area contributed by atoms with Gasteiger partial charge in [0, 0.05) is 0 Å². The van der Waals surface area contributed by atoms with Gasteiger partial charge in [-0.05, 0) is 25.0 Å². The highest BCUT2D eigenvalue weighted by molar-refractivity contribution is 5.97. The van der Waals surface area contributed by atoms with E-state index in [0.29, 0.717) is 12.8 Å². The third-order valence-corrected chi connectivity index (χ3v) is 3.38. The second-order valence-electron chi connectivity index (χ2n) is 4.47. The van der Waals surface area contributed by atoms with E-state index in [2.05, 4.69) is 10.1 Å². The van der Waals surface area contributed by atoms with Crippen molar-refractivity contribution in [2.45, 2.75) is 38.8 Å². The summed E-state index contributed by atoms with van der Waals surface area (Å²) in [6.07, 6.45) is 1.06. The van der Waals surface area contributed by atoms with Gasteiger partial charge in [-0.25, -0.2) is 0 Å². The van der Waals surface area contributed by atoms with Crippen LogP contribution in [0.5, 0.6) is 5.75 Å². The molecule has 1 amide bonds. The average Bonchev–Trinajstić information content (AvgIpc) is 2.44. The number of carbonyl (C=O) groups excluding carboxylic acids is 1. The number of rotatable bonds is 7. The van der Waals surface area contributed by atoms with Crippen LogP contribution < -0.4 is 10.1 Å². The third-order valence-electron chi connectivity index (χ3n) is 3.38. The first-order chi connectivity index (χ1) is 9.48. The van der Waals surface area contributed by atoms with Gasteiger partial charge in [-0.3, -0.25) is 4.79 Å². The van der Waals surface area contributed by atoms with E-state index in [1.54, 1.807) is 6.07 Å². The SMILES string of the molecule is CCC(CC)(CO)NC(=O)c1ccccc1OC(F)F. The lowest BCUT2D eigenvalue weighted by Gasteiger charge is -2.31. The number of halogens is 2. The second-order valence-corrected chi connectivity index (χ2v) is 4.47. The van der Waals surface area contributed by atoms with E-state index in [-0.39, 0.29) is 17.9 Å². The Labute approximate surface area is 116 Å². The molecule has 0 saturated carbocycles. The number of carbonyl (C=O) groups is 1. The largest absolute Gasteiger partial charge is 0.434 e. The van der Waals surface area contributed by atoms with Crippen molar-refractivity contribution in [3.05, 3.63) is 29.8 Å². The first-order valence-corrected chi connectivity index (χ1v) is 6.45. The molecule has 0 unspecified atom stereocenters. The molecule has 112 valence electrons. The summed E-state index contributed by atoms with van der Waals surface area (Å²) in [7, 11) is 0. The molecule has 1 rings (SSSR count). The van der Waals surface area contributed by atoms with Crippen molar-refractivity contribution >= 4 is 5.91 Å². The molecule has 0 aliphatic heterocycles. The second kappa shape index (κ2) is 7.19. The molecule has 1 aromatic carbocycles. The van der Waals surface area contributed by atoms with E-state index >= 15 is 0 Å². The van der Waals surface area contributed by atoms with Crippen LogP contribution in [0, 0.1) is 0 Å². The highest BCUT2D eigenvalue weighted by Crippen LogP contribution is 2.22. The van der Waals surface area contributed by atoms with Crippen molar-refractivity contribution in [3.8, 4) is 5.75 Å². The van der Waals surface area contributed by atoms with E-state index < -0.39 is 18.1 Å². The highest BCUT2D eigenvalue weighted by atomic mass is 19.3. The van der Waals surface area contributed by atoms with E-state index in [4.69, 9.17) is 0 Å². The summed E-state index contributed by atoms with van der Waals surface area (Å²) >= 11 is 0. The Morgan fingerprint density at radius 2 is 1.95 bits per heavy atom. The number of aliphatic hydroxyl groups is 1. The molecule has 0 radical (unpaired) electrons. The predicted octanol–water partition coefficient (Wildman–Crippen LogP) is 2.57.